The summed E-state index contributed by atoms with van der Waals surface area (Å²) in [4.78, 5) is 24.2. The average Bonchev–Trinajstić information content (AvgIpc) is 3.45. The third-order valence-corrected chi connectivity index (χ3v) is 5.72. The van der Waals surface area contributed by atoms with Gasteiger partial charge >= 0.3 is 0 Å². The molecule has 2 aliphatic rings. The fourth-order valence-electron chi connectivity index (χ4n) is 4.13. The van der Waals surface area contributed by atoms with Crippen molar-refractivity contribution in [1.82, 2.24) is 10.6 Å². The van der Waals surface area contributed by atoms with E-state index in [2.05, 4.69) is 22.8 Å². The molecule has 7 heteroatoms. The molecule has 0 atom stereocenters. The highest BCUT2D eigenvalue weighted by Gasteiger charge is 2.36. The third-order valence-electron chi connectivity index (χ3n) is 5.72. The van der Waals surface area contributed by atoms with Crippen LogP contribution in [0.5, 0.6) is 11.5 Å². The Morgan fingerprint density at radius 2 is 1.79 bits per heavy atom. The van der Waals surface area contributed by atoms with Crippen molar-refractivity contribution in [3.8, 4) is 11.5 Å². The summed E-state index contributed by atoms with van der Waals surface area (Å²) in [7, 11) is 0. The number of furan rings is 1. The molecule has 2 amide bonds. The Hall–Kier alpha value is -2.96. The summed E-state index contributed by atoms with van der Waals surface area (Å²) in [5.41, 5.74) is 1.11. The summed E-state index contributed by atoms with van der Waals surface area (Å²) in [6, 6.07) is 9.37. The zero-order valence-electron chi connectivity index (χ0n) is 16.4. The Kier molecular flexibility index (Phi) is 5.74. The van der Waals surface area contributed by atoms with Gasteiger partial charge in [0.1, 0.15) is 13.2 Å². The summed E-state index contributed by atoms with van der Waals surface area (Å²) >= 11 is 0. The summed E-state index contributed by atoms with van der Waals surface area (Å²) in [5, 5.41) is 5.76. The highest BCUT2D eigenvalue weighted by atomic mass is 16.6. The normalized spacial score (nSPS) is 17.0. The van der Waals surface area contributed by atoms with Gasteiger partial charge in [-0.25, -0.2) is 0 Å². The molecule has 2 N–H and O–H groups in total. The van der Waals surface area contributed by atoms with Gasteiger partial charge in [-0.05, 0) is 42.7 Å². The molecule has 154 valence electrons. The lowest BCUT2D eigenvalue weighted by Gasteiger charge is -2.31. The van der Waals surface area contributed by atoms with Crippen LogP contribution in [-0.2, 0) is 10.2 Å². The minimum absolute atomic E-state index is 0.0754. The van der Waals surface area contributed by atoms with E-state index in [1.54, 1.807) is 12.1 Å². The molecule has 1 fully saturated rings. The van der Waals surface area contributed by atoms with Crippen molar-refractivity contribution in [3.05, 3.63) is 47.9 Å². The minimum Gasteiger partial charge on any atom is -0.486 e. The molecule has 0 radical (unpaired) electrons. The van der Waals surface area contributed by atoms with Crippen LogP contribution >= 0.6 is 0 Å². The molecule has 1 aromatic heterocycles. The van der Waals surface area contributed by atoms with Gasteiger partial charge in [0.15, 0.2) is 17.3 Å². The van der Waals surface area contributed by atoms with Crippen LogP contribution in [0, 0.1) is 0 Å². The minimum atomic E-state index is -0.314. The lowest BCUT2D eigenvalue weighted by molar-refractivity contribution is -0.121. The quantitative estimate of drug-likeness (QED) is 0.749. The van der Waals surface area contributed by atoms with E-state index in [-0.39, 0.29) is 36.0 Å². The largest absolute Gasteiger partial charge is 0.486 e. The number of nitrogens with one attached hydrogen (secondary N) is 2. The van der Waals surface area contributed by atoms with E-state index in [9.17, 15) is 9.59 Å². The van der Waals surface area contributed by atoms with Crippen molar-refractivity contribution in [2.24, 2.45) is 0 Å². The maximum atomic E-state index is 12.3. The number of carbonyl (C=O) groups excluding carboxylic acids is 2. The zero-order valence-corrected chi connectivity index (χ0v) is 16.4. The lowest BCUT2D eigenvalue weighted by atomic mass is 9.78. The fraction of sp³-hybridized carbons (Fsp3) is 0.455. The Morgan fingerprint density at radius 3 is 2.55 bits per heavy atom. The first-order chi connectivity index (χ1) is 14.2. The van der Waals surface area contributed by atoms with Crippen LogP contribution in [0.4, 0.5) is 0 Å². The maximum Gasteiger partial charge on any atom is 0.286 e. The van der Waals surface area contributed by atoms with Crippen LogP contribution in [0.25, 0.3) is 0 Å². The molecular weight excluding hydrogens is 372 g/mol. The molecule has 1 aromatic carbocycles. The number of ether oxygens (including phenoxy) is 2. The molecule has 7 nitrogen and oxygen atoms in total. The number of amides is 2. The summed E-state index contributed by atoms with van der Waals surface area (Å²) < 4.78 is 16.4. The van der Waals surface area contributed by atoms with Crippen LogP contribution in [-0.4, -0.2) is 38.1 Å². The van der Waals surface area contributed by atoms with E-state index in [1.165, 1.54) is 11.8 Å². The van der Waals surface area contributed by atoms with E-state index in [1.807, 2.05) is 6.07 Å². The Morgan fingerprint density at radius 1 is 1.00 bits per heavy atom. The zero-order chi connectivity index (χ0) is 20.1. The molecule has 2 aromatic rings. The average molecular weight is 398 g/mol. The summed E-state index contributed by atoms with van der Waals surface area (Å²) in [5.74, 6) is 1.42. The molecular formula is C22H26N2O5. The van der Waals surface area contributed by atoms with Crippen LogP contribution in [0.1, 0.15) is 48.2 Å². The molecule has 1 aliphatic carbocycles. The number of carbonyl (C=O) groups is 2. The Labute approximate surface area is 169 Å². The van der Waals surface area contributed by atoms with E-state index < -0.39 is 0 Å². The molecule has 1 saturated carbocycles. The number of rotatable bonds is 7. The number of benzene rings is 1. The molecule has 1 aliphatic heterocycles. The number of hydrogen-bond donors (Lipinski definition) is 2. The third kappa shape index (κ3) is 4.39. The van der Waals surface area contributed by atoms with Crippen molar-refractivity contribution in [1.29, 1.82) is 0 Å². The maximum absolute atomic E-state index is 12.3. The standard InChI is InChI=1S/C22H26N2O5/c25-20(7-10-23-21(26)18-4-3-11-27-18)24-15-22(8-1-2-9-22)16-5-6-17-19(14-16)29-13-12-28-17/h3-6,11,14H,1-2,7-10,12-13,15H2,(H,23,26)(H,24,25). The SMILES string of the molecule is O=C(CCNC(=O)c1ccco1)NCC1(c2ccc3c(c2)OCCO3)CCCC1. The van der Waals surface area contributed by atoms with Gasteiger partial charge in [0.05, 0.1) is 6.26 Å². The second-order valence-corrected chi connectivity index (χ2v) is 7.61. The van der Waals surface area contributed by atoms with Crippen molar-refractivity contribution in [2.45, 2.75) is 37.5 Å². The topological polar surface area (TPSA) is 89.8 Å². The van der Waals surface area contributed by atoms with Gasteiger partial charge in [0, 0.05) is 24.9 Å². The van der Waals surface area contributed by atoms with Crippen molar-refractivity contribution >= 4 is 11.8 Å². The fourth-order valence-corrected chi connectivity index (χ4v) is 4.13. The van der Waals surface area contributed by atoms with Crippen molar-refractivity contribution in [3.63, 3.8) is 0 Å². The van der Waals surface area contributed by atoms with E-state index in [4.69, 9.17) is 13.9 Å². The first-order valence-electron chi connectivity index (χ1n) is 10.1. The second kappa shape index (κ2) is 8.59. The molecule has 29 heavy (non-hydrogen) atoms. The van der Waals surface area contributed by atoms with Gasteiger partial charge < -0.3 is 24.5 Å². The predicted octanol–water partition coefficient (Wildman–Crippen LogP) is 2.80. The van der Waals surface area contributed by atoms with Crippen LogP contribution in [0.15, 0.2) is 41.0 Å². The first kappa shape index (κ1) is 19.4. The van der Waals surface area contributed by atoms with Crippen molar-refractivity contribution < 1.29 is 23.5 Å². The Bertz CT molecular complexity index is 856. The first-order valence-corrected chi connectivity index (χ1v) is 10.1. The van der Waals surface area contributed by atoms with Crippen LogP contribution in [0.2, 0.25) is 0 Å². The summed E-state index contributed by atoms with van der Waals surface area (Å²) in [6.07, 6.45) is 6.02. The Balaban J connectivity index is 1.32. The molecule has 0 unspecified atom stereocenters. The van der Waals surface area contributed by atoms with Crippen LogP contribution in [0.3, 0.4) is 0 Å². The summed E-state index contributed by atoms with van der Waals surface area (Å²) in [6.45, 7) is 1.98. The van der Waals surface area contributed by atoms with Gasteiger partial charge in [0.2, 0.25) is 5.91 Å². The highest BCUT2D eigenvalue weighted by molar-refractivity contribution is 5.91. The second-order valence-electron chi connectivity index (χ2n) is 7.61. The predicted molar refractivity (Wildman–Crippen MR) is 106 cm³/mol. The van der Waals surface area contributed by atoms with E-state index in [0.29, 0.717) is 19.8 Å². The molecule has 0 bridgehead atoms. The molecule has 0 spiro atoms. The molecule has 4 rings (SSSR count). The van der Waals surface area contributed by atoms with E-state index in [0.717, 1.165) is 37.2 Å². The van der Waals surface area contributed by atoms with Gasteiger partial charge in [-0.2, -0.15) is 0 Å². The van der Waals surface area contributed by atoms with Gasteiger partial charge in [-0.1, -0.05) is 18.9 Å². The molecule has 0 saturated heterocycles. The smallest absolute Gasteiger partial charge is 0.286 e. The van der Waals surface area contributed by atoms with Crippen molar-refractivity contribution in [2.75, 3.05) is 26.3 Å². The van der Waals surface area contributed by atoms with E-state index >= 15 is 0 Å². The van der Waals surface area contributed by atoms with Crippen LogP contribution < -0.4 is 20.1 Å². The van der Waals surface area contributed by atoms with Gasteiger partial charge in [-0.3, -0.25) is 9.59 Å². The molecule has 2 heterocycles. The van der Waals surface area contributed by atoms with Gasteiger partial charge in [-0.15, -0.1) is 0 Å². The lowest BCUT2D eigenvalue weighted by Crippen LogP contribution is -2.40. The highest BCUT2D eigenvalue weighted by Crippen LogP contribution is 2.43. The monoisotopic (exact) mass is 398 g/mol. The number of hydrogen-bond acceptors (Lipinski definition) is 5. The van der Waals surface area contributed by atoms with Gasteiger partial charge in [0.25, 0.3) is 5.91 Å². The number of fused-ring (bicyclic) bond motifs is 1.